The van der Waals surface area contributed by atoms with Crippen molar-refractivity contribution in [1.82, 2.24) is 5.32 Å². The molecule has 3 N–H and O–H groups in total. The molecular formula is C16H22N2O4. The molecule has 0 radical (unpaired) electrons. The van der Waals surface area contributed by atoms with Crippen molar-refractivity contribution in [2.24, 2.45) is 5.41 Å². The number of nitrogens with one attached hydrogen (secondary N) is 2. The van der Waals surface area contributed by atoms with E-state index in [0.717, 1.165) is 5.56 Å². The Morgan fingerprint density at radius 2 is 1.68 bits per heavy atom. The molecule has 0 aliphatic carbocycles. The van der Waals surface area contributed by atoms with Crippen LogP contribution in [0.2, 0.25) is 0 Å². The second kappa shape index (κ2) is 6.60. The van der Waals surface area contributed by atoms with Crippen LogP contribution in [-0.2, 0) is 9.59 Å². The average Bonchev–Trinajstić information content (AvgIpc) is 2.37. The van der Waals surface area contributed by atoms with Crippen LogP contribution in [0, 0.1) is 19.3 Å². The number of amides is 2. The third kappa shape index (κ3) is 4.58. The Labute approximate surface area is 129 Å². The predicted molar refractivity (Wildman–Crippen MR) is 84.0 cm³/mol. The van der Waals surface area contributed by atoms with Crippen LogP contribution in [0.1, 0.15) is 42.3 Å². The van der Waals surface area contributed by atoms with Crippen molar-refractivity contribution in [1.29, 1.82) is 0 Å². The Morgan fingerprint density at radius 1 is 1.09 bits per heavy atom. The lowest BCUT2D eigenvalue weighted by Crippen LogP contribution is -2.39. The van der Waals surface area contributed by atoms with Crippen molar-refractivity contribution in [3.8, 4) is 0 Å². The summed E-state index contributed by atoms with van der Waals surface area (Å²) in [5.41, 5.74) is 1.39. The van der Waals surface area contributed by atoms with Gasteiger partial charge in [-0.05, 0) is 31.0 Å². The van der Waals surface area contributed by atoms with Gasteiger partial charge in [0.15, 0.2) is 0 Å². The van der Waals surface area contributed by atoms with Gasteiger partial charge in [0.05, 0.1) is 12.1 Å². The number of carbonyl (C=O) groups is 3. The second-order valence-electron chi connectivity index (χ2n) is 6.27. The van der Waals surface area contributed by atoms with Gasteiger partial charge in [-0.3, -0.25) is 9.59 Å². The average molecular weight is 306 g/mol. The van der Waals surface area contributed by atoms with Crippen LogP contribution in [0.25, 0.3) is 0 Å². The summed E-state index contributed by atoms with van der Waals surface area (Å²) in [6.45, 7) is 8.58. The van der Waals surface area contributed by atoms with Gasteiger partial charge in [0.2, 0.25) is 11.8 Å². The quantitative estimate of drug-likeness (QED) is 0.794. The number of carboxylic acids is 1. The van der Waals surface area contributed by atoms with Gasteiger partial charge < -0.3 is 15.7 Å². The number of carboxylic acid groups (broad SMARTS) is 1. The molecule has 22 heavy (non-hydrogen) atoms. The van der Waals surface area contributed by atoms with Crippen LogP contribution in [0.15, 0.2) is 12.1 Å². The fraction of sp³-hybridized carbons (Fsp3) is 0.438. The van der Waals surface area contributed by atoms with Gasteiger partial charge in [0.1, 0.15) is 0 Å². The molecule has 120 valence electrons. The highest BCUT2D eigenvalue weighted by Gasteiger charge is 2.21. The van der Waals surface area contributed by atoms with E-state index < -0.39 is 17.3 Å². The lowest BCUT2D eigenvalue weighted by molar-refractivity contribution is -0.130. The summed E-state index contributed by atoms with van der Waals surface area (Å²) < 4.78 is 0. The maximum absolute atomic E-state index is 11.9. The van der Waals surface area contributed by atoms with Gasteiger partial charge in [-0.2, -0.15) is 0 Å². The topological polar surface area (TPSA) is 95.5 Å². The largest absolute Gasteiger partial charge is 0.478 e. The van der Waals surface area contributed by atoms with Crippen LogP contribution >= 0.6 is 0 Å². The Kier molecular flexibility index (Phi) is 5.30. The number of hydrogen-bond donors (Lipinski definition) is 3. The van der Waals surface area contributed by atoms with E-state index in [0.29, 0.717) is 11.3 Å². The molecule has 0 aliphatic rings. The first kappa shape index (κ1) is 17.7. The maximum Gasteiger partial charge on any atom is 0.336 e. The molecule has 1 aromatic carbocycles. The Hall–Kier alpha value is -2.37. The highest BCUT2D eigenvalue weighted by molar-refractivity contribution is 5.97. The van der Waals surface area contributed by atoms with Crippen LogP contribution in [0.4, 0.5) is 5.69 Å². The third-order valence-corrected chi connectivity index (χ3v) is 3.17. The van der Waals surface area contributed by atoms with E-state index in [9.17, 15) is 14.4 Å². The molecule has 0 heterocycles. The van der Waals surface area contributed by atoms with Gasteiger partial charge >= 0.3 is 5.97 Å². The number of carbonyl (C=O) groups excluding carboxylic acids is 2. The van der Waals surface area contributed by atoms with Gasteiger partial charge in [-0.15, -0.1) is 0 Å². The Morgan fingerprint density at radius 3 is 2.18 bits per heavy atom. The van der Waals surface area contributed by atoms with E-state index in [1.807, 2.05) is 0 Å². The number of benzene rings is 1. The predicted octanol–water partition coefficient (Wildman–Crippen LogP) is 2.10. The zero-order chi connectivity index (χ0) is 17.1. The smallest absolute Gasteiger partial charge is 0.336 e. The van der Waals surface area contributed by atoms with Crippen LogP contribution in [0.3, 0.4) is 0 Å². The molecule has 0 aliphatic heterocycles. The SMILES string of the molecule is Cc1cc(C)c(C(=O)O)cc1NC(=O)CNC(=O)C(C)(C)C. The van der Waals surface area contributed by atoms with Crippen LogP contribution < -0.4 is 10.6 Å². The lowest BCUT2D eigenvalue weighted by Gasteiger charge is -2.17. The van der Waals surface area contributed by atoms with Gasteiger partial charge in [-0.1, -0.05) is 26.8 Å². The molecule has 0 unspecified atom stereocenters. The van der Waals surface area contributed by atoms with Gasteiger partial charge in [0, 0.05) is 11.1 Å². The molecule has 2 amide bonds. The highest BCUT2D eigenvalue weighted by atomic mass is 16.4. The lowest BCUT2D eigenvalue weighted by atomic mass is 9.96. The van der Waals surface area contributed by atoms with Crippen molar-refractivity contribution in [3.05, 3.63) is 28.8 Å². The standard InChI is InChI=1S/C16H22N2O4/c1-9-6-10(2)12(7-11(9)14(20)21)18-13(19)8-17-15(22)16(3,4)5/h6-7H,8H2,1-5H3,(H,17,22)(H,18,19)(H,20,21). The summed E-state index contributed by atoms with van der Waals surface area (Å²) in [6.07, 6.45) is 0. The molecule has 0 spiro atoms. The number of aryl methyl sites for hydroxylation is 2. The van der Waals surface area contributed by atoms with Crippen molar-refractivity contribution in [3.63, 3.8) is 0 Å². The van der Waals surface area contributed by atoms with Crippen LogP contribution in [-0.4, -0.2) is 29.4 Å². The van der Waals surface area contributed by atoms with E-state index in [2.05, 4.69) is 10.6 Å². The highest BCUT2D eigenvalue weighted by Crippen LogP contribution is 2.20. The fourth-order valence-electron chi connectivity index (χ4n) is 1.84. The van der Waals surface area contributed by atoms with E-state index in [1.54, 1.807) is 40.7 Å². The van der Waals surface area contributed by atoms with Gasteiger partial charge in [0.25, 0.3) is 0 Å². The molecule has 0 saturated carbocycles. The molecule has 1 rings (SSSR count). The summed E-state index contributed by atoms with van der Waals surface area (Å²) in [5, 5.41) is 14.3. The molecular weight excluding hydrogens is 284 g/mol. The van der Waals surface area contributed by atoms with E-state index in [1.165, 1.54) is 6.07 Å². The van der Waals surface area contributed by atoms with Crippen molar-refractivity contribution >= 4 is 23.5 Å². The van der Waals surface area contributed by atoms with Crippen molar-refractivity contribution in [2.45, 2.75) is 34.6 Å². The normalized spacial score (nSPS) is 11.0. The molecule has 6 heteroatoms. The minimum atomic E-state index is -1.05. The van der Waals surface area contributed by atoms with E-state index in [-0.39, 0.29) is 18.0 Å². The maximum atomic E-state index is 11.9. The molecule has 0 atom stereocenters. The Bertz CT molecular complexity index is 615. The summed E-state index contributed by atoms with van der Waals surface area (Å²) >= 11 is 0. The number of hydrogen-bond acceptors (Lipinski definition) is 3. The zero-order valence-corrected chi connectivity index (χ0v) is 13.5. The summed E-state index contributed by atoms with van der Waals surface area (Å²) in [7, 11) is 0. The molecule has 0 fully saturated rings. The fourth-order valence-corrected chi connectivity index (χ4v) is 1.84. The van der Waals surface area contributed by atoms with E-state index >= 15 is 0 Å². The Balaban J connectivity index is 2.79. The number of aromatic carboxylic acids is 1. The number of rotatable bonds is 4. The van der Waals surface area contributed by atoms with Crippen molar-refractivity contribution < 1.29 is 19.5 Å². The minimum absolute atomic E-state index is 0.139. The van der Waals surface area contributed by atoms with Gasteiger partial charge in [-0.25, -0.2) is 4.79 Å². The first-order chi connectivity index (χ1) is 10.0. The minimum Gasteiger partial charge on any atom is -0.478 e. The molecule has 0 bridgehead atoms. The first-order valence-corrected chi connectivity index (χ1v) is 6.95. The summed E-state index contributed by atoms with van der Waals surface area (Å²) in [6, 6.07) is 3.13. The summed E-state index contributed by atoms with van der Waals surface area (Å²) in [5.74, 6) is -1.68. The van der Waals surface area contributed by atoms with Crippen molar-refractivity contribution in [2.75, 3.05) is 11.9 Å². The van der Waals surface area contributed by atoms with E-state index in [4.69, 9.17) is 5.11 Å². The summed E-state index contributed by atoms with van der Waals surface area (Å²) in [4.78, 5) is 34.7. The zero-order valence-electron chi connectivity index (χ0n) is 13.5. The van der Waals surface area contributed by atoms with Crippen LogP contribution in [0.5, 0.6) is 0 Å². The molecule has 1 aromatic rings. The number of anilines is 1. The first-order valence-electron chi connectivity index (χ1n) is 6.95. The molecule has 0 aromatic heterocycles. The second-order valence-corrected chi connectivity index (χ2v) is 6.27. The monoisotopic (exact) mass is 306 g/mol. The third-order valence-electron chi connectivity index (χ3n) is 3.17. The molecule has 0 saturated heterocycles. The molecule has 6 nitrogen and oxygen atoms in total.